The molecule has 0 unspecified atom stereocenters. The van der Waals surface area contributed by atoms with Gasteiger partial charge in [-0.2, -0.15) is 0 Å². The first-order valence-electron chi connectivity index (χ1n) is 4.63. The summed E-state index contributed by atoms with van der Waals surface area (Å²) < 4.78 is 0. The molecule has 66 valence electrons. The summed E-state index contributed by atoms with van der Waals surface area (Å²) in [5.41, 5.74) is 4.30. The summed E-state index contributed by atoms with van der Waals surface area (Å²) in [6.07, 6.45) is 5.55. The molecule has 1 aliphatic carbocycles. The van der Waals surface area contributed by atoms with Gasteiger partial charge in [0.15, 0.2) is 0 Å². The van der Waals surface area contributed by atoms with Crippen LogP contribution in [0, 0.1) is 6.92 Å². The molecule has 0 bridgehead atoms. The van der Waals surface area contributed by atoms with Crippen LogP contribution in [0.25, 0.3) is 6.08 Å². The summed E-state index contributed by atoms with van der Waals surface area (Å²) in [7, 11) is 0. The van der Waals surface area contributed by atoms with Crippen molar-refractivity contribution in [3.05, 3.63) is 41.0 Å². The van der Waals surface area contributed by atoms with Gasteiger partial charge in [0.1, 0.15) is 0 Å². The second kappa shape index (κ2) is 4.10. The molecule has 0 amide bonds. The fourth-order valence-electron chi connectivity index (χ4n) is 1.46. The maximum atomic E-state index is 2.22. The highest BCUT2D eigenvalue weighted by Gasteiger charge is 2.04. The van der Waals surface area contributed by atoms with Gasteiger partial charge in [-0.1, -0.05) is 44.2 Å². The Morgan fingerprint density at radius 3 is 2.67 bits per heavy atom. The average Bonchev–Trinajstić information content (AvgIpc) is 2.57. The Kier molecular flexibility index (Phi) is 3.09. The number of aryl methyl sites for hydroxylation is 1. The fourth-order valence-corrected chi connectivity index (χ4v) is 1.46. The maximum Gasteiger partial charge on any atom is 0 e. The molecule has 12 heavy (non-hydrogen) atoms. The predicted molar refractivity (Wildman–Crippen MR) is 57.4 cm³/mol. The minimum Gasteiger partial charge on any atom is -0.0795 e. The first-order valence-corrected chi connectivity index (χ1v) is 4.63. The molecule has 1 aromatic carbocycles. The summed E-state index contributed by atoms with van der Waals surface area (Å²) in [4.78, 5) is 0. The molecule has 0 heteroatoms. The van der Waals surface area contributed by atoms with Crippen molar-refractivity contribution in [1.29, 1.82) is 0 Å². The van der Waals surface area contributed by atoms with Gasteiger partial charge in [-0.05, 0) is 30.0 Å². The van der Waals surface area contributed by atoms with Gasteiger partial charge in [0, 0.05) is 1.43 Å². The Hall–Kier alpha value is -1.04. The summed E-state index contributed by atoms with van der Waals surface area (Å²) >= 11 is 0. The van der Waals surface area contributed by atoms with Crippen LogP contribution in [0.5, 0.6) is 0 Å². The standard InChI is InChI=1S/C10H10.C2H6.H2/c1-8-4-2-5-9-6-3-7-10(8)9;1-2;/h2-5,7H,6H2,1H3;1-2H3;1H. The lowest BCUT2D eigenvalue weighted by Gasteiger charge is -2.00. The average molecular weight is 162 g/mol. The molecule has 0 spiro atoms. The molecule has 0 heterocycles. The highest BCUT2D eigenvalue weighted by atomic mass is 14.1. The van der Waals surface area contributed by atoms with Gasteiger partial charge in [-0.15, -0.1) is 0 Å². The molecular weight excluding hydrogens is 144 g/mol. The minimum absolute atomic E-state index is 0. The van der Waals surface area contributed by atoms with Crippen molar-refractivity contribution in [3.63, 3.8) is 0 Å². The lowest BCUT2D eigenvalue weighted by molar-refractivity contribution is 1.28. The van der Waals surface area contributed by atoms with Gasteiger partial charge in [0.25, 0.3) is 0 Å². The van der Waals surface area contributed by atoms with Crippen LogP contribution in [-0.4, -0.2) is 0 Å². The van der Waals surface area contributed by atoms with Gasteiger partial charge < -0.3 is 0 Å². The van der Waals surface area contributed by atoms with E-state index in [0.717, 1.165) is 6.42 Å². The smallest absolute Gasteiger partial charge is 0 e. The third kappa shape index (κ3) is 1.58. The van der Waals surface area contributed by atoms with Crippen LogP contribution in [0.15, 0.2) is 24.3 Å². The molecule has 0 saturated carbocycles. The van der Waals surface area contributed by atoms with Crippen LogP contribution in [0.3, 0.4) is 0 Å². The quantitative estimate of drug-likeness (QED) is 0.543. The largest absolute Gasteiger partial charge is 0.0795 e. The van der Waals surface area contributed by atoms with Crippen LogP contribution < -0.4 is 0 Å². The topological polar surface area (TPSA) is 0 Å². The van der Waals surface area contributed by atoms with E-state index in [-0.39, 0.29) is 1.43 Å². The van der Waals surface area contributed by atoms with E-state index in [9.17, 15) is 0 Å². The summed E-state index contributed by atoms with van der Waals surface area (Å²) in [5.74, 6) is 0. The van der Waals surface area contributed by atoms with Crippen LogP contribution in [-0.2, 0) is 6.42 Å². The summed E-state index contributed by atoms with van der Waals surface area (Å²) in [5, 5.41) is 0. The maximum absolute atomic E-state index is 2.22. The van der Waals surface area contributed by atoms with Gasteiger partial charge in [0.2, 0.25) is 0 Å². The van der Waals surface area contributed by atoms with Gasteiger partial charge in [-0.25, -0.2) is 0 Å². The Bertz CT molecular complexity index is 287. The third-order valence-electron chi connectivity index (χ3n) is 2.04. The highest BCUT2D eigenvalue weighted by Crippen LogP contribution is 2.21. The molecule has 0 aliphatic heterocycles. The highest BCUT2D eigenvalue weighted by molar-refractivity contribution is 5.62. The number of benzene rings is 1. The van der Waals surface area contributed by atoms with Gasteiger partial charge in [-0.3, -0.25) is 0 Å². The number of allylic oxidation sites excluding steroid dienone is 1. The van der Waals surface area contributed by atoms with E-state index in [1.54, 1.807) is 0 Å². The molecule has 2 rings (SSSR count). The SMILES string of the molecule is CC.Cc1cccc2c1C=CC2.[HH]. The third-order valence-corrected chi connectivity index (χ3v) is 2.04. The Balaban J connectivity index is 0.000000451. The Labute approximate surface area is 76.4 Å². The van der Waals surface area contributed by atoms with E-state index in [4.69, 9.17) is 0 Å². The molecule has 0 N–H and O–H groups in total. The van der Waals surface area contributed by atoms with E-state index in [1.807, 2.05) is 13.8 Å². The molecule has 1 aliphatic rings. The van der Waals surface area contributed by atoms with Crippen molar-refractivity contribution >= 4 is 6.08 Å². The van der Waals surface area contributed by atoms with Crippen molar-refractivity contribution in [2.24, 2.45) is 0 Å². The van der Waals surface area contributed by atoms with E-state index < -0.39 is 0 Å². The first-order chi connectivity index (χ1) is 5.88. The second-order valence-corrected chi connectivity index (χ2v) is 2.75. The molecule has 0 atom stereocenters. The zero-order valence-corrected chi connectivity index (χ0v) is 8.09. The monoisotopic (exact) mass is 162 g/mol. The van der Waals surface area contributed by atoms with Crippen molar-refractivity contribution in [2.75, 3.05) is 0 Å². The van der Waals surface area contributed by atoms with Crippen molar-refractivity contribution in [2.45, 2.75) is 27.2 Å². The van der Waals surface area contributed by atoms with Crippen molar-refractivity contribution < 1.29 is 1.43 Å². The molecule has 1 aromatic rings. The molecule has 0 nitrogen and oxygen atoms in total. The van der Waals surface area contributed by atoms with E-state index in [0.29, 0.717) is 0 Å². The fraction of sp³-hybridized carbons (Fsp3) is 0.333. The number of fused-ring (bicyclic) bond motifs is 1. The van der Waals surface area contributed by atoms with Crippen molar-refractivity contribution in [3.8, 4) is 0 Å². The minimum atomic E-state index is 0. The number of rotatable bonds is 0. The lowest BCUT2D eigenvalue weighted by Crippen LogP contribution is -1.83. The Morgan fingerprint density at radius 2 is 2.00 bits per heavy atom. The summed E-state index contributed by atoms with van der Waals surface area (Å²) in [6.45, 7) is 6.16. The molecule has 0 radical (unpaired) electrons. The van der Waals surface area contributed by atoms with Crippen molar-refractivity contribution in [1.82, 2.24) is 0 Å². The van der Waals surface area contributed by atoms with Crippen LogP contribution in [0.1, 0.15) is 32.0 Å². The van der Waals surface area contributed by atoms with E-state index in [1.165, 1.54) is 16.7 Å². The van der Waals surface area contributed by atoms with Gasteiger partial charge in [0.05, 0.1) is 0 Å². The molecule has 0 aromatic heterocycles. The number of hydrogen-bond acceptors (Lipinski definition) is 0. The van der Waals surface area contributed by atoms with E-state index >= 15 is 0 Å². The first kappa shape index (κ1) is 9.05. The summed E-state index contributed by atoms with van der Waals surface area (Å²) in [6, 6.07) is 6.48. The molecule has 0 saturated heterocycles. The zero-order valence-electron chi connectivity index (χ0n) is 8.09. The predicted octanol–water partition coefficient (Wildman–Crippen LogP) is 3.84. The zero-order chi connectivity index (χ0) is 8.97. The van der Waals surface area contributed by atoms with Crippen LogP contribution >= 0.6 is 0 Å². The number of hydrogen-bond donors (Lipinski definition) is 0. The van der Waals surface area contributed by atoms with Gasteiger partial charge >= 0.3 is 0 Å². The Morgan fingerprint density at radius 1 is 1.25 bits per heavy atom. The lowest BCUT2D eigenvalue weighted by atomic mass is 10.1. The normalized spacial score (nSPS) is 11.9. The van der Waals surface area contributed by atoms with E-state index in [2.05, 4.69) is 37.3 Å². The molecular formula is C12H18. The van der Waals surface area contributed by atoms with Crippen LogP contribution in [0.4, 0.5) is 0 Å². The second-order valence-electron chi connectivity index (χ2n) is 2.75. The van der Waals surface area contributed by atoms with Crippen LogP contribution in [0.2, 0.25) is 0 Å². The molecule has 0 fully saturated rings.